The normalized spacial score (nSPS) is 16.5. The summed E-state index contributed by atoms with van der Waals surface area (Å²) in [5.74, 6) is 0.263. The van der Waals surface area contributed by atoms with Gasteiger partial charge in [-0.2, -0.15) is 0 Å². The van der Waals surface area contributed by atoms with Gasteiger partial charge in [-0.05, 0) is 65.3 Å². The molecule has 42 heavy (non-hydrogen) atoms. The van der Waals surface area contributed by atoms with Gasteiger partial charge in [-0.1, -0.05) is 0 Å². The number of benzene rings is 1. The number of amides is 1. The topological polar surface area (TPSA) is 101 Å². The van der Waals surface area contributed by atoms with Gasteiger partial charge in [0.1, 0.15) is 28.5 Å². The zero-order valence-corrected chi connectivity index (χ0v) is 24.4. The third-order valence-electron chi connectivity index (χ3n) is 7.65. The Hall–Kier alpha value is -4.35. The highest BCUT2D eigenvalue weighted by Gasteiger charge is 2.33. The van der Waals surface area contributed by atoms with E-state index in [1.807, 2.05) is 31.4 Å². The van der Waals surface area contributed by atoms with Crippen molar-refractivity contribution >= 4 is 34.6 Å². The maximum atomic E-state index is 15.1. The zero-order valence-electron chi connectivity index (χ0n) is 24.4. The van der Waals surface area contributed by atoms with Gasteiger partial charge in [0.05, 0.1) is 23.6 Å². The highest BCUT2D eigenvalue weighted by molar-refractivity contribution is 5.83. The lowest BCUT2D eigenvalue weighted by atomic mass is 10.0. The number of hydrogen-bond donors (Lipinski definition) is 1. The first-order valence-electron chi connectivity index (χ1n) is 14.1. The molecule has 6 rings (SSSR count). The van der Waals surface area contributed by atoms with Crippen LogP contribution in [-0.4, -0.2) is 67.3 Å². The maximum Gasteiger partial charge on any atom is 0.410 e. The molecule has 0 spiro atoms. The molecule has 1 fully saturated rings. The highest BCUT2D eigenvalue weighted by atomic mass is 19.1. The first-order valence-corrected chi connectivity index (χ1v) is 14.1. The number of piperazine rings is 1. The molecule has 4 aromatic rings. The predicted molar refractivity (Wildman–Crippen MR) is 156 cm³/mol. The van der Waals surface area contributed by atoms with Gasteiger partial charge in [0.2, 0.25) is 5.95 Å². The van der Waals surface area contributed by atoms with Gasteiger partial charge in [-0.3, -0.25) is 0 Å². The molecule has 1 aromatic carbocycles. The van der Waals surface area contributed by atoms with Gasteiger partial charge < -0.3 is 24.4 Å². The number of imidazole rings is 1. The molecule has 1 N–H and O–H groups in total. The third-order valence-corrected chi connectivity index (χ3v) is 7.65. The van der Waals surface area contributed by atoms with E-state index in [0.29, 0.717) is 43.1 Å². The summed E-state index contributed by atoms with van der Waals surface area (Å²) >= 11 is 0. The number of rotatable bonds is 4. The molecular formula is C30H34F2N8O2. The van der Waals surface area contributed by atoms with Crippen LogP contribution >= 0.6 is 0 Å². The minimum Gasteiger partial charge on any atom is -0.444 e. The number of hydrogen-bond acceptors (Lipinski definition) is 8. The lowest BCUT2D eigenvalue weighted by Gasteiger charge is -2.36. The fourth-order valence-electron chi connectivity index (χ4n) is 5.56. The van der Waals surface area contributed by atoms with Crippen molar-refractivity contribution in [1.29, 1.82) is 0 Å². The van der Waals surface area contributed by atoms with Crippen LogP contribution in [-0.2, 0) is 16.7 Å². The molecule has 10 nitrogen and oxygen atoms in total. The van der Waals surface area contributed by atoms with E-state index in [1.165, 1.54) is 6.07 Å². The SMILES string of the molecule is CC(C)(C)OC(=O)N1CCN(c2ccc(Nc3ncc(F)c(-c4cc(F)c5nc6n(c5c4)C(C)(C)CC6)n3)nc2)CC1. The number of pyridine rings is 1. The Morgan fingerprint density at radius 3 is 2.45 bits per heavy atom. The van der Waals surface area contributed by atoms with E-state index in [0.717, 1.165) is 30.6 Å². The van der Waals surface area contributed by atoms with Gasteiger partial charge in [0, 0.05) is 43.7 Å². The van der Waals surface area contributed by atoms with E-state index in [1.54, 1.807) is 23.2 Å². The lowest BCUT2D eigenvalue weighted by molar-refractivity contribution is 0.0240. The summed E-state index contributed by atoms with van der Waals surface area (Å²) in [7, 11) is 0. The van der Waals surface area contributed by atoms with E-state index in [4.69, 9.17) is 4.74 Å². The summed E-state index contributed by atoms with van der Waals surface area (Å²) in [5, 5.41) is 3.02. The van der Waals surface area contributed by atoms with Gasteiger partial charge in [0.25, 0.3) is 0 Å². The lowest BCUT2D eigenvalue weighted by Crippen LogP contribution is -2.50. The fourth-order valence-corrected chi connectivity index (χ4v) is 5.56. The number of aryl methyl sites for hydroxylation is 1. The Balaban J connectivity index is 1.17. The number of halogens is 2. The second-order valence-corrected chi connectivity index (χ2v) is 12.4. The number of ether oxygens (including phenoxy) is 1. The molecule has 2 aliphatic heterocycles. The Morgan fingerprint density at radius 2 is 1.76 bits per heavy atom. The van der Waals surface area contributed by atoms with Crippen molar-refractivity contribution in [1.82, 2.24) is 29.4 Å². The number of nitrogens with zero attached hydrogens (tertiary/aromatic N) is 7. The molecule has 1 amide bonds. The average Bonchev–Trinajstić information content (AvgIpc) is 3.47. The monoisotopic (exact) mass is 576 g/mol. The average molecular weight is 577 g/mol. The van der Waals surface area contributed by atoms with E-state index in [-0.39, 0.29) is 28.8 Å². The molecule has 220 valence electrons. The van der Waals surface area contributed by atoms with Crippen LogP contribution < -0.4 is 10.2 Å². The summed E-state index contributed by atoms with van der Waals surface area (Å²) < 4.78 is 37.6. The number of carbonyl (C=O) groups excluding carboxylic acids is 1. The molecule has 0 unspecified atom stereocenters. The highest BCUT2D eigenvalue weighted by Crippen LogP contribution is 2.38. The summed E-state index contributed by atoms with van der Waals surface area (Å²) in [6.45, 7) is 12.1. The number of anilines is 3. The molecule has 1 saturated heterocycles. The smallest absolute Gasteiger partial charge is 0.410 e. The molecule has 2 aliphatic rings. The van der Waals surface area contributed by atoms with E-state index in [9.17, 15) is 9.18 Å². The molecular weight excluding hydrogens is 542 g/mol. The van der Waals surface area contributed by atoms with E-state index in [2.05, 4.69) is 44.0 Å². The van der Waals surface area contributed by atoms with E-state index >= 15 is 4.39 Å². The van der Waals surface area contributed by atoms with Crippen LogP contribution in [0.25, 0.3) is 22.3 Å². The van der Waals surface area contributed by atoms with Gasteiger partial charge in [-0.25, -0.2) is 33.5 Å². The molecule has 0 atom stereocenters. The zero-order chi connectivity index (χ0) is 29.8. The van der Waals surface area contributed by atoms with Crippen LogP contribution in [0, 0.1) is 11.6 Å². The van der Waals surface area contributed by atoms with Crippen LogP contribution in [0.5, 0.6) is 0 Å². The van der Waals surface area contributed by atoms with Crippen molar-refractivity contribution in [3.05, 3.63) is 54.1 Å². The van der Waals surface area contributed by atoms with Gasteiger partial charge in [0.15, 0.2) is 11.6 Å². The first-order chi connectivity index (χ1) is 19.9. The summed E-state index contributed by atoms with van der Waals surface area (Å²) in [5.41, 5.74) is 1.36. The van der Waals surface area contributed by atoms with Crippen molar-refractivity contribution in [2.45, 2.75) is 58.6 Å². The van der Waals surface area contributed by atoms with Crippen molar-refractivity contribution in [2.24, 2.45) is 0 Å². The van der Waals surface area contributed by atoms with Gasteiger partial charge in [-0.15, -0.1) is 0 Å². The van der Waals surface area contributed by atoms with Gasteiger partial charge >= 0.3 is 6.09 Å². The molecule has 0 saturated carbocycles. The van der Waals surface area contributed by atoms with Crippen molar-refractivity contribution in [3.63, 3.8) is 0 Å². The van der Waals surface area contributed by atoms with Crippen LogP contribution in [0.15, 0.2) is 36.7 Å². The van der Waals surface area contributed by atoms with Crippen molar-refractivity contribution in [2.75, 3.05) is 36.4 Å². The van der Waals surface area contributed by atoms with Crippen LogP contribution in [0.4, 0.5) is 31.0 Å². The minimum atomic E-state index is -0.659. The number of nitrogens with one attached hydrogen (secondary N) is 1. The number of fused-ring (bicyclic) bond motifs is 3. The minimum absolute atomic E-state index is 0.0147. The number of aromatic nitrogens is 5. The Kier molecular flexibility index (Phi) is 6.74. The van der Waals surface area contributed by atoms with Crippen molar-refractivity contribution in [3.8, 4) is 11.3 Å². The second-order valence-electron chi connectivity index (χ2n) is 12.4. The van der Waals surface area contributed by atoms with Crippen LogP contribution in [0.3, 0.4) is 0 Å². The summed E-state index contributed by atoms with van der Waals surface area (Å²) in [6.07, 6.45) is 4.15. The Labute approximate surface area is 242 Å². The Morgan fingerprint density at radius 1 is 1.00 bits per heavy atom. The second kappa shape index (κ2) is 10.2. The molecule has 0 bridgehead atoms. The maximum absolute atomic E-state index is 15.1. The first kappa shape index (κ1) is 27.8. The number of carbonyl (C=O) groups is 1. The fraction of sp³-hybridized carbons (Fsp3) is 0.433. The largest absolute Gasteiger partial charge is 0.444 e. The van der Waals surface area contributed by atoms with E-state index < -0.39 is 17.2 Å². The Bertz CT molecular complexity index is 1650. The van der Waals surface area contributed by atoms with Crippen LogP contribution in [0.2, 0.25) is 0 Å². The third kappa shape index (κ3) is 5.33. The van der Waals surface area contributed by atoms with Crippen molar-refractivity contribution < 1.29 is 18.3 Å². The summed E-state index contributed by atoms with van der Waals surface area (Å²) in [6, 6.07) is 6.70. The molecule has 12 heteroatoms. The standard InChI is InChI=1S/C30H34F2N8O2/c1-29(2,3)42-28(41)39-12-10-38(11-13-39)19-6-7-23(33-16-19)35-27-34-17-21(32)25(37-27)18-14-20(31)26-22(15-18)40-24(36-26)8-9-30(40,4)5/h6-7,14-17H,8-13H2,1-5H3,(H,33,34,35,37). The summed E-state index contributed by atoms with van der Waals surface area (Å²) in [4.78, 5) is 33.6. The molecule has 0 radical (unpaired) electrons. The van der Waals surface area contributed by atoms with Crippen LogP contribution in [0.1, 0.15) is 46.9 Å². The molecule has 5 heterocycles. The predicted octanol–water partition coefficient (Wildman–Crippen LogP) is 5.65. The molecule has 3 aromatic heterocycles. The quantitative estimate of drug-likeness (QED) is 0.333. The molecule has 0 aliphatic carbocycles.